The van der Waals surface area contributed by atoms with Crippen LogP contribution in [0.3, 0.4) is 0 Å². The van der Waals surface area contributed by atoms with Gasteiger partial charge in [-0.15, -0.1) is 0 Å². The first kappa shape index (κ1) is 11.4. The zero-order chi connectivity index (χ0) is 12.3. The number of fused-ring (bicyclic) bond motifs is 1. The van der Waals surface area contributed by atoms with E-state index in [1.54, 1.807) is 0 Å². The Hall–Kier alpha value is -2.09. The maximum Gasteiger partial charge on any atom is 0.214 e. The van der Waals surface area contributed by atoms with Crippen molar-refractivity contribution in [1.29, 1.82) is 0 Å². The van der Waals surface area contributed by atoms with Crippen LogP contribution in [0.15, 0.2) is 60.8 Å². The lowest BCUT2D eigenvalue weighted by atomic mass is 10.2. The first-order valence-electron chi connectivity index (χ1n) is 5.48. The van der Waals surface area contributed by atoms with E-state index in [4.69, 9.17) is 4.74 Å². The van der Waals surface area contributed by atoms with Crippen molar-refractivity contribution >= 4 is 10.8 Å². The minimum absolute atomic E-state index is 0.431. The van der Waals surface area contributed by atoms with E-state index in [2.05, 4.69) is 18.1 Å². The van der Waals surface area contributed by atoms with Gasteiger partial charge in [-0.3, -0.25) is 0 Å². The minimum atomic E-state index is 0.431. The van der Waals surface area contributed by atoms with E-state index in [9.17, 15) is 0 Å². The summed E-state index contributed by atoms with van der Waals surface area (Å²) < 4.78 is 5.57. The van der Waals surface area contributed by atoms with E-state index in [1.807, 2.05) is 43.5 Å². The number of rotatable bonds is 4. The summed E-state index contributed by atoms with van der Waals surface area (Å²) in [5.41, 5.74) is 1.82. The highest BCUT2D eigenvalue weighted by Crippen LogP contribution is 2.18. The average Bonchev–Trinajstić information content (AvgIpc) is 2.35. The summed E-state index contributed by atoms with van der Waals surface area (Å²) in [7, 11) is 0. The van der Waals surface area contributed by atoms with E-state index in [0.29, 0.717) is 12.5 Å². The Morgan fingerprint density at radius 1 is 1.24 bits per heavy atom. The molecule has 1 heterocycles. The van der Waals surface area contributed by atoms with Gasteiger partial charge in [0.1, 0.15) is 6.61 Å². The van der Waals surface area contributed by atoms with Gasteiger partial charge in [0, 0.05) is 17.6 Å². The van der Waals surface area contributed by atoms with Gasteiger partial charge in [-0.25, -0.2) is 4.98 Å². The molecule has 17 heavy (non-hydrogen) atoms. The molecule has 0 bridgehead atoms. The molecule has 0 aliphatic carbocycles. The zero-order valence-corrected chi connectivity index (χ0v) is 9.94. The Morgan fingerprint density at radius 2 is 1.94 bits per heavy atom. The van der Waals surface area contributed by atoms with Crippen molar-refractivity contribution < 1.29 is 4.74 Å². The Morgan fingerprint density at radius 3 is 2.65 bits per heavy atom. The van der Waals surface area contributed by atoms with Gasteiger partial charge >= 0.3 is 0 Å². The van der Waals surface area contributed by atoms with Crippen molar-refractivity contribution in [3.8, 4) is 5.88 Å². The summed E-state index contributed by atoms with van der Waals surface area (Å²) in [5.74, 6) is 0.617. The van der Waals surface area contributed by atoms with Crippen LogP contribution in [0.1, 0.15) is 6.92 Å². The van der Waals surface area contributed by atoms with Crippen molar-refractivity contribution in [3.63, 3.8) is 0 Å². The van der Waals surface area contributed by atoms with Gasteiger partial charge < -0.3 is 4.74 Å². The number of nitrogens with zero attached hydrogens (tertiary/aromatic N) is 1. The summed E-state index contributed by atoms with van der Waals surface area (Å²) in [5, 5.41) is 2.23. The fourth-order valence-corrected chi connectivity index (χ4v) is 1.43. The Kier molecular flexibility index (Phi) is 3.24. The van der Waals surface area contributed by atoms with Gasteiger partial charge in [-0.2, -0.15) is 0 Å². The number of hydrogen-bond donors (Lipinski definition) is 0. The maximum atomic E-state index is 5.57. The number of hydrogen-bond acceptors (Lipinski definition) is 2. The lowest BCUT2D eigenvalue weighted by Crippen LogP contribution is -2.02. The summed E-state index contributed by atoms with van der Waals surface area (Å²) in [6.45, 7) is 10.0. The SMILES string of the molecule is C=C(C)C(=C)COc1cc2ccccc2cn1. The molecule has 0 saturated carbocycles. The fourth-order valence-electron chi connectivity index (χ4n) is 1.43. The molecule has 1 aromatic heterocycles. The van der Waals surface area contributed by atoms with Gasteiger partial charge in [0.15, 0.2) is 0 Å². The minimum Gasteiger partial charge on any atom is -0.473 e. The number of pyridine rings is 1. The van der Waals surface area contributed by atoms with E-state index in [0.717, 1.165) is 21.9 Å². The normalized spacial score (nSPS) is 10.2. The zero-order valence-electron chi connectivity index (χ0n) is 9.94. The lowest BCUT2D eigenvalue weighted by molar-refractivity contribution is 0.341. The molecule has 2 heteroatoms. The molecule has 2 aromatic rings. The molecule has 0 amide bonds. The molecule has 2 rings (SSSR count). The van der Waals surface area contributed by atoms with Crippen molar-refractivity contribution in [2.75, 3.05) is 6.61 Å². The summed E-state index contributed by atoms with van der Waals surface area (Å²) in [4.78, 5) is 4.25. The molecule has 0 fully saturated rings. The number of aromatic nitrogens is 1. The topological polar surface area (TPSA) is 22.1 Å². The Balaban J connectivity index is 2.14. The van der Waals surface area contributed by atoms with Crippen molar-refractivity contribution in [2.24, 2.45) is 0 Å². The van der Waals surface area contributed by atoms with Crippen LogP contribution in [-0.4, -0.2) is 11.6 Å². The molecule has 0 N–H and O–H groups in total. The van der Waals surface area contributed by atoms with Gasteiger partial charge in [0.05, 0.1) is 0 Å². The molecule has 0 spiro atoms. The van der Waals surface area contributed by atoms with Crippen LogP contribution in [0.4, 0.5) is 0 Å². The predicted molar refractivity (Wildman–Crippen MR) is 71.2 cm³/mol. The summed E-state index contributed by atoms with van der Waals surface area (Å²) >= 11 is 0. The molecule has 1 aromatic carbocycles. The van der Waals surface area contributed by atoms with Crippen LogP contribution in [0.2, 0.25) is 0 Å². The van der Waals surface area contributed by atoms with Gasteiger partial charge in [0.25, 0.3) is 0 Å². The third-order valence-corrected chi connectivity index (χ3v) is 2.60. The number of ether oxygens (including phenoxy) is 1. The lowest BCUT2D eigenvalue weighted by Gasteiger charge is -2.08. The largest absolute Gasteiger partial charge is 0.473 e. The predicted octanol–water partition coefficient (Wildman–Crippen LogP) is 3.75. The summed E-state index contributed by atoms with van der Waals surface area (Å²) in [6, 6.07) is 9.99. The first-order valence-corrected chi connectivity index (χ1v) is 5.48. The molecule has 0 aliphatic rings. The second-order valence-electron chi connectivity index (χ2n) is 4.04. The van der Waals surface area contributed by atoms with Crippen LogP contribution in [0, 0.1) is 0 Å². The second kappa shape index (κ2) is 4.83. The molecular formula is C15H15NO. The molecule has 2 nitrogen and oxygen atoms in total. The van der Waals surface area contributed by atoms with E-state index < -0.39 is 0 Å². The average molecular weight is 225 g/mol. The van der Waals surface area contributed by atoms with Gasteiger partial charge in [0.2, 0.25) is 5.88 Å². The molecule has 0 atom stereocenters. The third kappa shape index (κ3) is 2.72. The van der Waals surface area contributed by atoms with Gasteiger partial charge in [-0.1, -0.05) is 43.0 Å². The van der Waals surface area contributed by atoms with Gasteiger partial charge in [-0.05, 0) is 17.9 Å². The standard InChI is InChI=1S/C15H15NO/c1-11(2)12(3)10-17-15-8-13-6-4-5-7-14(13)9-16-15/h4-9H,1,3,10H2,2H3. The van der Waals surface area contributed by atoms with Crippen molar-refractivity contribution in [1.82, 2.24) is 4.98 Å². The van der Waals surface area contributed by atoms with Crippen molar-refractivity contribution in [2.45, 2.75) is 6.92 Å². The smallest absolute Gasteiger partial charge is 0.214 e. The molecule has 0 radical (unpaired) electrons. The van der Waals surface area contributed by atoms with Crippen LogP contribution in [0.25, 0.3) is 10.8 Å². The highest BCUT2D eigenvalue weighted by atomic mass is 16.5. The maximum absolute atomic E-state index is 5.57. The Labute approximate surface area is 101 Å². The summed E-state index contributed by atoms with van der Waals surface area (Å²) in [6.07, 6.45) is 1.81. The van der Waals surface area contributed by atoms with Crippen molar-refractivity contribution in [3.05, 3.63) is 60.8 Å². The quantitative estimate of drug-likeness (QED) is 0.739. The van der Waals surface area contributed by atoms with Crippen LogP contribution in [-0.2, 0) is 0 Å². The Bertz CT molecular complexity index is 572. The highest BCUT2D eigenvalue weighted by molar-refractivity contribution is 5.82. The fraction of sp³-hybridized carbons (Fsp3) is 0.133. The van der Waals surface area contributed by atoms with E-state index in [1.165, 1.54) is 0 Å². The van der Waals surface area contributed by atoms with Crippen LogP contribution in [0.5, 0.6) is 5.88 Å². The third-order valence-electron chi connectivity index (χ3n) is 2.60. The second-order valence-corrected chi connectivity index (χ2v) is 4.04. The number of benzene rings is 1. The molecule has 0 saturated heterocycles. The highest BCUT2D eigenvalue weighted by Gasteiger charge is 2.00. The van der Waals surface area contributed by atoms with Crippen LogP contribution < -0.4 is 4.74 Å². The molecular weight excluding hydrogens is 210 g/mol. The van der Waals surface area contributed by atoms with Crippen LogP contribution >= 0.6 is 0 Å². The van der Waals surface area contributed by atoms with E-state index in [-0.39, 0.29) is 0 Å². The monoisotopic (exact) mass is 225 g/mol. The van der Waals surface area contributed by atoms with E-state index >= 15 is 0 Å². The molecule has 0 aliphatic heterocycles. The first-order chi connectivity index (χ1) is 8.16. The molecule has 0 unspecified atom stereocenters. The molecule has 86 valence electrons.